The maximum Gasteiger partial charge on any atom is 0.239 e. The van der Waals surface area contributed by atoms with Crippen LogP contribution in [0.4, 0.5) is 0 Å². The minimum atomic E-state index is -1.75. The van der Waals surface area contributed by atoms with Gasteiger partial charge in [-0.05, 0) is 25.1 Å². The van der Waals surface area contributed by atoms with Crippen LogP contribution in [0.5, 0.6) is 0 Å². The number of β-lactam (4-membered cyclic amide) rings is 1. The fourth-order valence-electron chi connectivity index (χ4n) is 1.48. The van der Waals surface area contributed by atoms with E-state index in [1.165, 1.54) is 0 Å². The first-order valence-corrected chi connectivity index (χ1v) is 9.33. The maximum absolute atomic E-state index is 11.6. The van der Waals surface area contributed by atoms with Crippen LogP contribution < -0.4 is 0 Å². The van der Waals surface area contributed by atoms with Crippen LogP contribution in [-0.4, -0.2) is 30.8 Å². The molecule has 1 aliphatic rings. The number of halogens is 1. The Morgan fingerprint density at radius 1 is 1.50 bits per heavy atom. The predicted octanol–water partition coefficient (Wildman–Crippen LogP) is 3.17. The maximum atomic E-state index is 11.6. The quantitative estimate of drug-likeness (QED) is 0.455. The van der Waals surface area contributed by atoms with Gasteiger partial charge >= 0.3 is 0 Å². The molecule has 0 bridgehead atoms. The number of nitrogens with zero attached hydrogens (tertiary/aromatic N) is 1. The van der Waals surface area contributed by atoms with Gasteiger partial charge in [0.05, 0.1) is 28.2 Å². The van der Waals surface area contributed by atoms with Gasteiger partial charge in [-0.2, -0.15) is 0 Å². The lowest BCUT2D eigenvalue weighted by atomic mass is 9.97. The highest BCUT2D eigenvalue weighted by Crippen LogP contribution is 2.39. The SMILES string of the molecule is CC(O[Si](C)(C)C(C)(C)C)C1CN(Br)C1=O. The topological polar surface area (TPSA) is 29.5 Å². The van der Waals surface area contributed by atoms with Crippen LogP contribution in [-0.2, 0) is 9.22 Å². The Morgan fingerprint density at radius 2 is 2.00 bits per heavy atom. The molecule has 2 unspecified atom stereocenters. The fraction of sp³-hybridized carbons (Fsp3) is 0.909. The Labute approximate surface area is 108 Å². The van der Waals surface area contributed by atoms with E-state index < -0.39 is 8.32 Å². The van der Waals surface area contributed by atoms with Crippen LogP contribution in [0.15, 0.2) is 0 Å². The molecule has 0 aromatic heterocycles. The molecular formula is C11H22BrNO2Si. The summed E-state index contributed by atoms with van der Waals surface area (Å²) in [6, 6.07) is 0. The van der Waals surface area contributed by atoms with Crippen molar-refractivity contribution >= 4 is 30.4 Å². The molecule has 1 aliphatic heterocycles. The third-order valence-corrected chi connectivity index (χ3v) is 8.98. The smallest absolute Gasteiger partial charge is 0.239 e. The highest BCUT2D eigenvalue weighted by atomic mass is 79.9. The van der Waals surface area contributed by atoms with Crippen molar-refractivity contribution in [2.45, 2.75) is 51.9 Å². The van der Waals surface area contributed by atoms with Gasteiger partial charge in [-0.1, -0.05) is 20.8 Å². The summed E-state index contributed by atoms with van der Waals surface area (Å²) in [4.78, 5) is 11.6. The fourth-order valence-corrected chi connectivity index (χ4v) is 3.50. The van der Waals surface area contributed by atoms with Crippen molar-refractivity contribution in [2.24, 2.45) is 5.92 Å². The summed E-state index contributed by atoms with van der Waals surface area (Å²) in [7, 11) is -1.75. The highest BCUT2D eigenvalue weighted by molar-refractivity contribution is 9.07. The van der Waals surface area contributed by atoms with Gasteiger partial charge in [0.15, 0.2) is 8.32 Å². The van der Waals surface area contributed by atoms with Crippen molar-refractivity contribution in [1.82, 2.24) is 3.93 Å². The van der Waals surface area contributed by atoms with Crippen LogP contribution >= 0.6 is 16.1 Å². The number of rotatable bonds is 3. The van der Waals surface area contributed by atoms with E-state index in [4.69, 9.17) is 4.43 Å². The Kier molecular flexibility index (Phi) is 3.92. The third-order valence-electron chi connectivity index (χ3n) is 3.77. The molecule has 1 rings (SSSR count). The predicted molar refractivity (Wildman–Crippen MR) is 71.9 cm³/mol. The average molecular weight is 308 g/mol. The summed E-state index contributed by atoms with van der Waals surface area (Å²) in [5.41, 5.74) is 0. The second-order valence-electron chi connectivity index (χ2n) is 6.07. The molecule has 1 saturated heterocycles. The standard InChI is InChI=1S/C11H22BrNO2Si/c1-8(9-7-13(12)10(9)14)15-16(5,6)11(2,3)4/h8-9H,7H2,1-6H3. The molecule has 0 aliphatic carbocycles. The Morgan fingerprint density at radius 3 is 2.31 bits per heavy atom. The van der Waals surface area contributed by atoms with Crippen LogP contribution in [0.3, 0.4) is 0 Å². The van der Waals surface area contributed by atoms with Crippen LogP contribution in [0.25, 0.3) is 0 Å². The molecule has 2 atom stereocenters. The third kappa shape index (κ3) is 2.68. The lowest BCUT2D eigenvalue weighted by molar-refractivity contribution is -0.143. The van der Waals surface area contributed by atoms with Crippen molar-refractivity contribution in [2.75, 3.05) is 6.54 Å². The summed E-state index contributed by atoms with van der Waals surface area (Å²) in [6.45, 7) is 13.9. The molecule has 0 N–H and O–H groups in total. The molecule has 0 spiro atoms. The van der Waals surface area contributed by atoms with Crippen LogP contribution in [0.1, 0.15) is 27.7 Å². The minimum absolute atomic E-state index is 0.0298. The van der Waals surface area contributed by atoms with Gasteiger partial charge in [-0.15, -0.1) is 0 Å². The average Bonchev–Trinajstić information content (AvgIpc) is 2.10. The molecular weight excluding hydrogens is 286 g/mol. The van der Waals surface area contributed by atoms with Gasteiger partial charge in [-0.25, -0.2) is 0 Å². The molecule has 1 heterocycles. The molecule has 94 valence electrons. The second kappa shape index (κ2) is 4.42. The molecule has 0 radical (unpaired) electrons. The molecule has 0 saturated carbocycles. The summed E-state index contributed by atoms with van der Waals surface area (Å²) in [5.74, 6) is 0.180. The van der Waals surface area contributed by atoms with E-state index in [-0.39, 0.29) is 23.0 Å². The largest absolute Gasteiger partial charge is 0.413 e. The Hall–Kier alpha value is 0.127. The zero-order chi connectivity index (χ0) is 12.7. The molecule has 16 heavy (non-hydrogen) atoms. The zero-order valence-corrected chi connectivity index (χ0v) is 13.6. The number of carbonyl (C=O) groups excluding carboxylic acids is 1. The normalized spacial score (nSPS) is 24.3. The number of hydrogen-bond acceptors (Lipinski definition) is 2. The molecule has 1 amide bonds. The van der Waals surface area contributed by atoms with Crippen molar-refractivity contribution in [1.29, 1.82) is 0 Å². The minimum Gasteiger partial charge on any atom is -0.413 e. The van der Waals surface area contributed by atoms with Crippen molar-refractivity contribution in [3.63, 3.8) is 0 Å². The Bertz CT molecular complexity index is 288. The first kappa shape index (κ1) is 14.2. The monoisotopic (exact) mass is 307 g/mol. The number of hydrogen-bond donors (Lipinski definition) is 0. The lowest BCUT2D eigenvalue weighted by Gasteiger charge is -2.43. The van der Waals surface area contributed by atoms with E-state index in [1.54, 1.807) is 3.93 Å². The first-order chi connectivity index (χ1) is 7.06. The highest BCUT2D eigenvalue weighted by Gasteiger charge is 2.45. The first-order valence-electron chi connectivity index (χ1n) is 5.71. The van der Waals surface area contributed by atoms with E-state index in [0.717, 1.165) is 6.54 Å². The number of amides is 1. The zero-order valence-electron chi connectivity index (χ0n) is 11.0. The van der Waals surface area contributed by atoms with Gasteiger partial charge in [0.1, 0.15) is 0 Å². The van der Waals surface area contributed by atoms with Gasteiger partial charge in [0.25, 0.3) is 0 Å². The van der Waals surface area contributed by atoms with E-state index in [2.05, 4.69) is 50.0 Å². The van der Waals surface area contributed by atoms with E-state index in [9.17, 15) is 4.79 Å². The Balaban J connectivity index is 2.58. The van der Waals surface area contributed by atoms with E-state index >= 15 is 0 Å². The molecule has 1 fully saturated rings. The van der Waals surface area contributed by atoms with E-state index in [0.29, 0.717) is 0 Å². The lowest BCUT2D eigenvalue weighted by Crippen LogP contribution is -2.55. The van der Waals surface area contributed by atoms with Crippen LogP contribution in [0.2, 0.25) is 18.1 Å². The van der Waals surface area contributed by atoms with Crippen LogP contribution in [0, 0.1) is 5.92 Å². The summed E-state index contributed by atoms with van der Waals surface area (Å²) in [6.07, 6.45) is 0.0298. The molecule has 3 nitrogen and oxygen atoms in total. The number of carbonyl (C=O) groups is 1. The van der Waals surface area contributed by atoms with Crippen molar-refractivity contribution in [3.8, 4) is 0 Å². The molecule has 0 aromatic carbocycles. The van der Waals surface area contributed by atoms with Gasteiger partial charge in [0, 0.05) is 6.54 Å². The summed E-state index contributed by atoms with van der Waals surface area (Å²) >= 11 is 3.19. The van der Waals surface area contributed by atoms with Crippen molar-refractivity contribution < 1.29 is 9.22 Å². The summed E-state index contributed by atoms with van der Waals surface area (Å²) in [5, 5.41) is 0.197. The van der Waals surface area contributed by atoms with Gasteiger partial charge in [0.2, 0.25) is 5.91 Å². The molecule has 5 heteroatoms. The van der Waals surface area contributed by atoms with Crippen molar-refractivity contribution in [3.05, 3.63) is 0 Å². The molecule has 0 aromatic rings. The van der Waals surface area contributed by atoms with Gasteiger partial charge in [-0.3, -0.25) is 8.72 Å². The summed E-state index contributed by atoms with van der Waals surface area (Å²) < 4.78 is 7.77. The van der Waals surface area contributed by atoms with Gasteiger partial charge < -0.3 is 4.43 Å². The van der Waals surface area contributed by atoms with E-state index in [1.807, 2.05) is 6.92 Å². The second-order valence-corrected chi connectivity index (χ2v) is 11.7.